The molecule has 0 spiro atoms. The predicted molar refractivity (Wildman–Crippen MR) is 161 cm³/mol. The van der Waals surface area contributed by atoms with Gasteiger partial charge in [-0.2, -0.15) is 26.3 Å². The third-order valence-corrected chi connectivity index (χ3v) is 6.62. The number of aryl methyl sites for hydroxylation is 2. The Kier molecular flexibility index (Phi) is 13.6. The molecule has 0 aliphatic carbocycles. The van der Waals surface area contributed by atoms with E-state index in [1.807, 2.05) is 24.3 Å². The Morgan fingerprint density at radius 2 is 0.891 bits per heavy atom. The first kappa shape index (κ1) is 37.6. The lowest BCUT2D eigenvalue weighted by Crippen LogP contribution is -2.42. The van der Waals surface area contributed by atoms with Gasteiger partial charge in [-0.1, -0.05) is 52.0 Å². The quantitative estimate of drug-likeness (QED) is 0.141. The van der Waals surface area contributed by atoms with Crippen LogP contribution in [-0.4, -0.2) is 47.8 Å². The average Bonchev–Trinajstić information content (AvgIpc) is 2.96. The Bertz CT molecular complexity index is 1290. The van der Waals surface area contributed by atoms with Gasteiger partial charge in [0.25, 0.3) is 11.6 Å². The van der Waals surface area contributed by atoms with Gasteiger partial charge in [-0.3, -0.25) is 19.2 Å². The summed E-state index contributed by atoms with van der Waals surface area (Å²) < 4.78 is 74.3. The normalized spacial score (nSPS) is 13.6. The van der Waals surface area contributed by atoms with E-state index in [1.54, 1.807) is 52.0 Å². The van der Waals surface area contributed by atoms with Crippen molar-refractivity contribution in [1.82, 2.24) is 10.6 Å². The average molecular weight is 655 g/mol. The molecule has 250 valence electrons. The number of hydrogen-bond acceptors (Lipinski definition) is 6. The van der Waals surface area contributed by atoms with Crippen molar-refractivity contribution in [2.24, 2.45) is 11.8 Å². The zero-order chi connectivity index (χ0) is 34.7. The molecule has 0 radical (unpaired) electrons. The molecular formula is C32H36F6N4O4. The fourth-order valence-electron chi connectivity index (χ4n) is 4.02. The van der Waals surface area contributed by atoms with Crippen LogP contribution in [0.15, 0.2) is 73.1 Å². The third-order valence-electron chi connectivity index (χ3n) is 6.62. The van der Waals surface area contributed by atoms with E-state index >= 15 is 0 Å². The van der Waals surface area contributed by atoms with Crippen LogP contribution in [0.5, 0.6) is 0 Å². The molecule has 0 aliphatic rings. The summed E-state index contributed by atoms with van der Waals surface area (Å²) in [6, 6.07) is 12.3. The highest BCUT2D eigenvalue weighted by Gasteiger charge is 2.37. The molecule has 46 heavy (non-hydrogen) atoms. The van der Waals surface area contributed by atoms with Crippen LogP contribution < -0.4 is 21.3 Å². The lowest BCUT2D eigenvalue weighted by atomic mass is 10.0. The third kappa shape index (κ3) is 12.4. The van der Waals surface area contributed by atoms with Crippen LogP contribution in [0, 0.1) is 11.8 Å². The first-order valence-corrected chi connectivity index (χ1v) is 14.3. The van der Waals surface area contributed by atoms with E-state index in [4.69, 9.17) is 0 Å². The minimum atomic E-state index is -5.00. The van der Waals surface area contributed by atoms with Gasteiger partial charge in [0.2, 0.25) is 11.8 Å². The number of rotatable bonds is 15. The van der Waals surface area contributed by atoms with Crippen LogP contribution in [0.3, 0.4) is 0 Å². The van der Waals surface area contributed by atoms with Gasteiger partial charge in [0, 0.05) is 35.9 Å². The van der Waals surface area contributed by atoms with Crippen molar-refractivity contribution in [3.8, 4) is 0 Å². The van der Waals surface area contributed by atoms with E-state index in [9.17, 15) is 45.5 Å². The van der Waals surface area contributed by atoms with Crippen molar-refractivity contribution >= 4 is 34.8 Å². The van der Waals surface area contributed by atoms with Crippen molar-refractivity contribution in [2.45, 2.75) is 65.0 Å². The number of ketones is 2. The predicted octanol–water partition coefficient (Wildman–Crippen LogP) is 5.87. The lowest BCUT2D eigenvalue weighted by molar-refractivity contribution is -0.165. The molecule has 2 aromatic rings. The monoisotopic (exact) mass is 654 g/mol. The molecule has 0 aliphatic heterocycles. The summed E-state index contributed by atoms with van der Waals surface area (Å²) in [5, 5.41) is 10.5. The maximum Gasteiger partial charge on any atom is 0.454 e. The number of amides is 2. The molecule has 2 aromatic carbocycles. The van der Waals surface area contributed by atoms with Crippen LogP contribution in [0.2, 0.25) is 0 Å². The molecule has 2 unspecified atom stereocenters. The van der Waals surface area contributed by atoms with Crippen molar-refractivity contribution in [3.63, 3.8) is 0 Å². The number of carbonyl (C=O) groups excluding carboxylic acids is 4. The maximum absolute atomic E-state index is 12.7. The molecule has 0 saturated heterocycles. The number of halogens is 6. The zero-order valence-corrected chi connectivity index (χ0v) is 25.6. The number of carbonyl (C=O) groups is 4. The smallest absolute Gasteiger partial charge is 0.379 e. The number of allylic oxidation sites excluding steroid dienone is 2. The van der Waals surface area contributed by atoms with E-state index < -0.39 is 47.8 Å². The molecular weight excluding hydrogens is 618 g/mol. The topological polar surface area (TPSA) is 116 Å². The number of benzene rings is 2. The molecule has 0 bridgehead atoms. The van der Waals surface area contributed by atoms with E-state index in [-0.39, 0.29) is 11.8 Å². The van der Waals surface area contributed by atoms with E-state index in [0.29, 0.717) is 36.4 Å². The van der Waals surface area contributed by atoms with E-state index in [1.165, 1.54) is 0 Å². The van der Waals surface area contributed by atoms with Crippen LogP contribution in [-0.2, 0) is 32.0 Å². The summed E-state index contributed by atoms with van der Waals surface area (Å²) in [7, 11) is 0. The van der Waals surface area contributed by atoms with Crippen LogP contribution in [0.4, 0.5) is 37.7 Å². The highest BCUT2D eigenvalue weighted by atomic mass is 19.4. The highest BCUT2D eigenvalue weighted by molar-refractivity contribution is 5.97. The molecule has 2 amide bonds. The first-order valence-electron chi connectivity index (χ1n) is 14.3. The van der Waals surface area contributed by atoms with E-state index in [2.05, 4.69) is 21.3 Å². The molecule has 2 rings (SSSR count). The number of anilines is 2. The van der Waals surface area contributed by atoms with Gasteiger partial charge in [-0.25, -0.2) is 0 Å². The van der Waals surface area contributed by atoms with E-state index in [0.717, 1.165) is 23.5 Å². The van der Waals surface area contributed by atoms with Gasteiger partial charge >= 0.3 is 12.4 Å². The summed E-state index contributed by atoms with van der Waals surface area (Å²) in [6.07, 6.45) is -6.40. The fraction of sp³-hybridized carbons (Fsp3) is 0.375. The van der Waals surface area contributed by atoms with Crippen molar-refractivity contribution in [2.75, 3.05) is 10.6 Å². The van der Waals surface area contributed by atoms with Crippen LogP contribution in [0.1, 0.15) is 38.8 Å². The highest BCUT2D eigenvalue weighted by Crippen LogP contribution is 2.19. The molecule has 0 fully saturated rings. The largest absolute Gasteiger partial charge is 0.454 e. The minimum Gasteiger partial charge on any atom is -0.379 e. The molecule has 4 N–H and O–H groups in total. The Morgan fingerprint density at radius 3 is 1.15 bits per heavy atom. The van der Waals surface area contributed by atoms with Gasteiger partial charge in [-0.05, 0) is 60.1 Å². The molecule has 8 nitrogen and oxygen atoms in total. The number of alkyl halides is 6. The fourth-order valence-corrected chi connectivity index (χ4v) is 4.02. The summed E-state index contributed by atoms with van der Waals surface area (Å²) in [6.45, 7) is 6.81. The Balaban J connectivity index is 1.90. The lowest BCUT2D eigenvalue weighted by Gasteiger charge is -2.21. The maximum atomic E-state index is 12.7. The van der Waals surface area contributed by atoms with Crippen molar-refractivity contribution < 1.29 is 45.5 Å². The summed E-state index contributed by atoms with van der Waals surface area (Å²) in [5.41, 5.74) is 2.89. The van der Waals surface area contributed by atoms with Gasteiger partial charge in [-0.15, -0.1) is 0 Å². The summed E-state index contributed by atoms with van der Waals surface area (Å²) in [4.78, 5) is 47.4. The van der Waals surface area contributed by atoms with Gasteiger partial charge in [0.15, 0.2) is 0 Å². The van der Waals surface area contributed by atoms with Gasteiger partial charge in [0.1, 0.15) is 12.1 Å². The van der Waals surface area contributed by atoms with Crippen LogP contribution >= 0.6 is 0 Å². The Morgan fingerprint density at radius 1 is 0.587 bits per heavy atom. The van der Waals surface area contributed by atoms with Crippen molar-refractivity contribution in [1.29, 1.82) is 0 Å². The number of hydrogen-bond donors (Lipinski definition) is 4. The van der Waals surface area contributed by atoms with Crippen molar-refractivity contribution in [3.05, 3.63) is 84.2 Å². The molecule has 0 heterocycles. The Hall–Kier alpha value is -4.62. The second kappa shape index (κ2) is 16.6. The standard InChI is InChI=1S/C32H36F6N4O4/c1-19(2)27(39-17-15-25(43)31(33,34)35)29(45)41-23-11-7-21(8-12-23)5-6-22-9-13-24(14-10-22)42-30(46)28(20(3)4)40-18-16-26(44)32(36,37)38/h7-20,27-28,39-40H,5-6H2,1-4H3,(H,41,45)(H,42,46). The second-order valence-electron chi connectivity index (χ2n) is 11.0. The summed E-state index contributed by atoms with van der Waals surface area (Å²) >= 11 is 0. The van der Waals surface area contributed by atoms with Gasteiger partial charge in [0.05, 0.1) is 0 Å². The first-order chi connectivity index (χ1) is 21.4. The number of nitrogens with one attached hydrogen (secondary N) is 4. The zero-order valence-electron chi connectivity index (χ0n) is 25.6. The second-order valence-corrected chi connectivity index (χ2v) is 11.0. The molecule has 14 heteroatoms. The van der Waals surface area contributed by atoms with Gasteiger partial charge < -0.3 is 21.3 Å². The molecule has 0 aromatic heterocycles. The SMILES string of the molecule is CC(C)C(NC=CC(=O)C(F)(F)F)C(=O)Nc1ccc(CCc2ccc(NC(=O)C(NC=CC(=O)C(F)(F)F)C(C)C)cc2)cc1. The van der Waals surface area contributed by atoms with Crippen LogP contribution in [0.25, 0.3) is 0 Å². The summed E-state index contributed by atoms with van der Waals surface area (Å²) in [5.74, 6) is -5.63. The molecule has 2 atom stereocenters. The Labute approximate surface area is 262 Å². The molecule has 0 saturated carbocycles. The minimum absolute atomic E-state index is 0.293.